The van der Waals surface area contributed by atoms with Crippen molar-refractivity contribution in [2.75, 3.05) is 0 Å². The van der Waals surface area contributed by atoms with Crippen LogP contribution >= 0.6 is 0 Å². The first-order chi connectivity index (χ1) is 8.41. The van der Waals surface area contributed by atoms with E-state index < -0.39 is 5.54 Å². The van der Waals surface area contributed by atoms with Gasteiger partial charge in [-0.2, -0.15) is 0 Å². The van der Waals surface area contributed by atoms with Crippen LogP contribution in [0.4, 0.5) is 0 Å². The molecule has 1 atom stereocenters. The number of nitrogens with zero attached hydrogens (tertiary/aromatic N) is 1. The zero-order valence-electron chi connectivity index (χ0n) is 11.5. The quantitative estimate of drug-likeness (QED) is 0.875. The van der Waals surface area contributed by atoms with E-state index in [1.807, 2.05) is 26.1 Å². The van der Waals surface area contributed by atoms with Crippen LogP contribution in [-0.2, 0) is 5.54 Å². The fraction of sp³-hybridized carbons (Fsp3) is 0.312. The molecule has 0 spiro atoms. The Hall–Kier alpha value is -1.67. The van der Waals surface area contributed by atoms with Gasteiger partial charge in [-0.3, -0.25) is 4.98 Å². The highest BCUT2D eigenvalue weighted by Crippen LogP contribution is 2.29. The normalized spacial score (nSPS) is 14.3. The van der Waals surface area contributed by atoms with Crippen molar-refractivity contribution in [3.63, 3.8) is 0 Å². The Kier molecular flexibility index (Phi) is 3.22. The fourth-order valence-electron chi connectivity index (χ4n) is 2.23. The van der Waals surface area contributed by atoms with Gasteiger partial charge in [-0.25, -0.2) is 0 Å². The summed E-state index contributed by atoms with van der Waals surface area (Å²) in [6.07, 6.45) is 1.87. The molecule has 1 aromatic carbocycles. The van der Waals surface area contributed by atoms with Crippen LogP contribution in [0, 0.1) is 20.8 Å². The molecule has 0 saturated carbocycles. The van der Waals surface area contributed by atoms with Crippen LogP contribution in [0.2, 0.25) is 0 Å². The molecule has 1 heterocycles. The molecular formula is C16H20N2. The lowest BCUT2D eigenvalue weighted by Gasteiger charge is -2.28. The number of pyridine rings is 1. The van der Waals surface area contributed by atoms with Crippen molar-refractivity contribution in [2.24, 2.45) is 5.73 Å². The number of nitrogens with two attached hydrogens (primary N) is 1. The van der Waals surface area contributed by atoms with Gasteiger partial charge < -0.3 is 5.73 Å². The molecule has 2 nitrogen and oxygen atoms in total. The summed E-state index contributed by atoms with van der Waals surface area (Å²) in [7, 11) is 0. The van der Waals surface area contributed by atoms with E-state index in [-0.39, 0.29) is 0 Å². The summed E-state index contributed by atoms with van der Waals surface area (Å²) < 4.78 is 0. The van der Waals surface area contributed by atoms with E-state index in [1.54, 1.807) is 0 Å². The van der Waals surface area contributed by atoms with Gasteiger partial charge in [-0.15, -0.1) is 0 Å². The average Bonchev–Trinajstić information content (AvgIpc) is 2.32. The van der Waals surface area contributed by atoms with Crippen molar-refractivity contribution in [3.05, 3.63) is 64.5 Å². The maximum atomic E-state index is 6.54. The number of hydrogen-bond acceptors (Lipinski definition) is 2. The van der Waals surface area contributed by atoms with Crippen LogP contribution in [0.25, 0.3) is 0 Å². The van der Waals surface area contributed by atoms with Crippen LogP contribution < -0.4 is 5.73 Å². The molecular weight excluding hydrogens is 220 g/mol. The topological polar surface area (TPSA) is 38.9 Å². The molecule has 18 heavy (non-hydrogen) atoms. The number of rotatable bonds is 2. The lowest BCUT2D eigenvalue weighted by Crippen LogP contribution is -2.35. The molecule has 0 radical (unpaired) electrons. The molecule has 0 bridgehead atoms. The van der Waals surface area contributed by atoms with Gasteiger partial charge in [-0.1, -0.05) is 29.8 Å². The Bertz CT molecular complexity index is 554. The summed E-state index contributed by atoms with van der Waals surface area (Å²) in [6.45, 7) is 8.21. The maximum absolute atomic E-state index is 6.54. The molecule has 0 saturated heterocycles. The molecule has 0 aliphatic rings. The summed E-state index contributed by atoms with van der Waals surface area (Å²) in [4.78, 5) is 4.34. The highest BCUT2D eigenvalue weighted by atomic mass is 14.8. The van der Waals surface area contributed by atoms with E-state index in [9.17, 15) is 0 Å². The van der Waals surface area contributed by atoms with Crippen LogP contribution in [0.3, 0.4) is 0 Å². The summed E-state index contributed by atoms with van der Waals surface area (Å²) in [5.41, 5.74) is 11.7. The summed E-state index contributed by atoms with van der Waals surface area (Å²) in [5, 5.41) is 0. The molecule has 0 aliphatic carbocycles. The van der Waals surface area contributed by atoms with Crippen LogP contribution in [0.15, 0.2) is 36.5 Å². The predicted molar refractivity (Wildman–Crippen MR) is 75.5 cm³/mol. The first kappa shape index (κ1) is 12.8. The molecule has 0 fully saturated rings. The van der Waals surface area contributed by atoms with Gasteiger partial charge in [0.25, 0.3) is 0 Å². The van der Waals surface area contributed by atoms with Gasteiger partial charge in [0.1, 0.15) is 0 Å². The van der Waals surface area contributed by atoms with E-state index in [1.165, 1.54) is 11.1 Å². The Balaban J connectivity index is 2.53. The van der Waals surface area contributed by atoms with Crippen molar-refractivity contribution in [1.82, 2.24) is 4.98 Å². The average molecular weight is 240 g/mol. The van der Waals surface area contributed by atoms with E-state index in [4.69, 9.17) is 5.73 Å². The summed E-state index contributed by atoms with van der Waals surface area (Å²) in [5.74, 6) is 0. The van der Waals surface area contributed by atoms with Crippen molar-refractivity contribution >= 4 is 0 Å². The second kappa shape index (κ2) is 4.54. The van der Waals surface area contributed by atoms with Crippen LogP contribution in [0.1, 0.15) is 34.9 Å². The summed E-state index contributed by atoms with van der Waals surface area (Å²) >= 11 is 0. The first-order valence-electron chi connectivity index (χ1n) is 6.21. The van der Waals surface area contributed by atoms with Gasteiger partial charge in [0.15, 0.2) is 0 Å². The number of aromatic nitrogens is 1. The monoisotopic (exact) mass is 240 g/mol. The first-order valence-corrected chi connectivity index (χ1v) is 6.21. The highest BCUT2D eigenvalue weighted by Gasteiger charge is 2.25. The van der Waals surface area contributed by atoms with E-state index in [0.29, 0.717) is 0 Å². The van der Waals surface area contributed by atoms with Crippen LogP contribution in [0.5, 0.6) is 0 Å². The van der Waals surface area contributed by atoms with Gasteiger partial charge in [-0.05, 0) is 50.5 Å². The Morgan fingerprint density at radius 2 is 1.78 bits per heavy atom. The van der Waals surface area contributed by atoms with Gasteiger partial charge in [0.05, 0.1) is 5.54 Å². The number of benzene rings is 1. The van der Waals surface area contributed by atoms with Crippen molar-refractivity contribution in [3.8, 4) is 0 Å². The standard InChI is InChI=1S/C16H20N2/c1-11-5-6-12(2)15(9-11)16(4,17)14-8-7-13(3)18-10-14/h5-10H,17H2,1-4H3. The Morgan fingerprint density at radius 1 is 1.06 bits per heavy atom. The smallest absolute Gasteiger partial charge is 0.0654 e. The van der Waals surface area contributed by atoms with Crippen LogP contribution in [-0.4, -0.2) is 4.98 Å². The Labute approximate surface area is 109 Å². The molecule has 0 amide bonds. The zero-order chi connectivity index (χ0) is 13.3. The van der Waals surface area contributed by atoms with E-state index in [0.717, 1.165) is 16.8 Å². The third-order valence-electron chi connectivity index (χ3n) is 3.46. The minimum absolute atomic E-state index is 0.503. The summed E-state index contributed by atoms with van der Waals surface area (Å²) in [6, 6.07) is 10.5. The largest absolute Gasteiger partial charge is 0.318 e. The predicted octanol–water partition coefficient (Wildman–Crippen LogP) is 3.23. The second-order valence-corrected chi connectivity index (χ2v) is 5.21. The third kappa shape index (κ3) is 2.29. The minimum Gasteiger partial charge on any atom is -0.318 e. The molecule has 0 aliphatic heterocycles. The number of aryl methyl sites for hydroxylation is 3. The SMILES string of the molecule is Cc1ccc(C)c(C(C)(N)c2ccc(C)nc2)c1. The zero-order valence-corrected chi connectivity index (χ0v) is 11.5. The fourth-order valence-corrected chi connectivity index (χ4v) is 2.23. The van der Waals surface area contributed by atoms with Crippen molar-refractivity contribution in [2.45, 2.75) is 33.2 Å². The Morgan fingerprint density at radius 3 is 2.39 bits per heavy atom. The molecule has 1 unspecified atom stereocenters. The molecule has 2 N–H and O–H groups in total. The minimum atomic E-state index is -0.503. The molecule has 94 valence electrons. The van der Waals surface area contributed by atoms with Gasteiger partial charge >= 0.3 is 0 Å². The van der Waals surface area contributed by atoms with Crippen molar-refractivity contribution in [1.29, 1.82) is 0 Å². The van der Waals surface area contributed by atoms with E-state index in [2.05, 4.69) is 43.1 Å². The second-order valence-electron chi connectivity index (χ2n) is 5.21. The molecule has 2 heteroatoms. The van der Waals surface area contributed by atoms with Gasteiger partial charge in [0, 0.05) is 11.9 Å². The molecule has 2 rings (SSSR count). The molecule has 1 aromatic heterocycles. The third-order valence-corrected chi connectivity index (χ3v) is 3.46. The van der Waals surface area contributed by atoms with E-state index >= 15 is 0 Å². The van der Waals surface area contributed by atoms with Gasteiger partial charge in [0.2, 0.25) is 0 Å². The van der Waals surface area contributed by atoms with Crippen molar-refractivity contribution < 1.29 is 0 Å². The molecule has 2 aromatic rings. The number of hydrogen-bond donors (Lipinski definition) is 1. The lowest BCUT2D eigenvalue weighted by molar-refractivity contribution is 0.595. The highest BCUT2D eigenvalue weighted by molar-refractivity contribution is 5.42. The lowest BCUT2D eigenvalue weighted by atomic mass is 9.83. The maximum Gasteiger partial charge on any atom is 0.0654 e.